The van der Waals surface area contributed by atoms with Crippen LogP contribution in [0.1, 0.15) is 23.4 Å². The van der Waals surface area contributed by atoms with Gasteiger partial charge in [-0.2, -0.15) is 18.2 Å². The van der Waals surface area contributed by atoms with E-state index in [0.717, 1.165) is 17.0 Å². The fraction of sp³-hybridized carbons (Fsp3) is 0.235. The number of nitrogens with zero attached hydrogens (tertiary/aromatic N) is 2. The first kappa shape index (κ1) is 18.1. The van der Waals surface area contributed by atoms with Crippen molar-refractivity contribution in [2.75, 3.05) is 0 Å². The van der Waals surface area contributed by atoms with Gasteiger partial charge in [0.25, 0.3) is 0 Å². The summed E-state index contributed by atoms with van der Waals surface area (Å²) in [4.78, 5) is 17.0. The van der Waals surface area contributed by atoms with Crippen molar-refractivity contribution in [1.82, 2.24) is 15.5 Å². The Labute approximate surface area is 150 Å². The minimum absolute atomic E-state index is 0.146. The maximum absolute atomic E-state index is 12.5. The number of amides is 1. The van der Waals surface area contributed by atoms with Gasteiger partial charge in [0.1, 0.15) is 0 Å². The first-order valence-corrected chi connectivity index (χ1v) is 8.59. The highest BCUT2D eigenvalue weighted by atomic mass is 32.1. The normalized spacial score (nSPS) is 11.5. The largest absolute Gasteiger partial charge is 0.416 e. The molecule has 2 aromatic heterocycles. The number of aryl methyl sites for hydroxylation is 1. The van der Waals surface area contributed by atoms with E-state index in [9.17, 15) is 18.0 Å². The lowest BCUT2D eigenvalue weighted by Gasteiger charge is -2.08. The highest BCUT2D eigenvalue weighted by Crippen LogP contribution is 2.29. The molecule has 0 radical (unpaired) electrons. The molecule has 1 aromatic carbocycles. The molecule has 5 nitrogen and oxygen atoms in total. The number of hydrogen-bond donors (Lipinski definition) is 1. The van der Waals surface area contributed by atoms with Crippen molar-refractivity contribution in [3.8, 4) is 10.7 Å². The van der Waals surface area contributed by atoms with Crippen molar-refractivity contribution in [1.29, 1.82) is 0 Å². The molecule has 0 fully saturated rings. The number of nitrogens with one attached hydrogen (secondary N) is 1. The third kappa shape index (κ3) is 4.69. The van der Waals surface area contributed by atoms with Crippen LogP contribution in [0.25, 0.3) is 10.7 Å². The molecule has 3 rings (SSSR count). The summed E-state index contributed by atoms with van der Waals surface area (Å²) in [6.45, 7) is 0.154. The van der Waals surface area contributed by atoms with Crippen LogP contribution in [0.5, 0.6) is 0 Å². The molecule has 0 unspecified atom stereocenters. The molecule has 26 heavy (non-hydrogen) atoms. The van der Waals surface area contributed by atoms with Gasteiger partial charge in [0.15, 0.2) is 0 Å². The first-order valence-electron chi connectivity index (χ1n) is 7.71. The van der Waals surface area contributed by atoms with Crippen molar-refractivity contribution in [3.05, 3.63) is 58.8 Å². The number of halogens is 3. The third-order valence-corrected chi connectivity index (χ3v) is 4.41. The van der Waals surface area contributed by atoms with Gasteiger partial charge in [0.05, 0.1) is 10.4 Å². The molecule has 0 bridgehead atoms. The number of aromatic nitrogens is 2. The zero-order valence-corrected chi connectivity index (χ0v) is 14.2. The minimum Gasteiger partial charge on any atom is -0.352 e. The van der Waals surface area contributed by atoms with Gasteiger partial charge in [-0.3, -0.25) is 4.79 Å². The summed E-state index contributed by atoms with van der Waals surface area (Å²) in [6, 6.07) is 8.42. The molecular formula is C17H14F3N3O2S. The van der Waals surface area contributed by atoms with Gasteiger partial charge < -0.3 is 9.84 Å². The Morgan fingerprint density at radius 3 is 2.62 bits per heavy atom. The van der Waals surface area contributed by atoms with Crippen molar-refractivity contribution in [2.24, 2.45) is 0 Å². The Morgan fingerprint density at radius 2 is 1.96 bits per heavy atom. The van der Waals surface area contributed by atoms with Crippen LogP contribution in [0.3, 0.4) is 0 Å². The van der Waals surface area contributed by atoms with Gasteiger partial charge in [-0.15, -0.1) is 11.3 Å². The molecule has 2 heterocycles. The van der Waals surface area contributed by atoms with Crippen molar-refractivity contribution >= 4 is 17.2 Å². The van der Waals surface area contributed by atoms with E-state index in [1.807, 2.05) is 17.5 Å². The van der Waals surface area contributed by atoms with E-state index in [-0.39, 0.29) is 25.3 Å². The SMILES string of the molecule is O=C(CCc1nc(-c2cccs2)no1)NCc1ccc(C(F)(F)F)cc1. The van der Waals surface area contributed by atoms with Crippen molar-refractivity contribution < 1.29 is 22.5 Å². The Hall–Kier alpha value is -2.68. The maximum atomic E-state index is 12.5. The zero-order chi connectivity index (χ0) is 18.6. The molecule has 3 aromatic rings. The van der Waals surface area contributed by atoms with Crippen LogP contribution in [0, 0.1) is 0 Å². The number of carbonyl (C=O) groups excluding carboxylic acids is 1. The molecule has 1 amide bonds. The lowest BCUT2D eigenvalue weighted by molar-refractivity contribution is -0.137. The van der Waals surface area contributed by atoms with Crippen LogP contribution >= 0.6 is 11.3 Å². The van der Waals surface area contributed by atoms with E-state index in [1.54, 1.807) is 0 Å². The summed E-state index contributed by atoms with van der Waals surface area (Å²) in [5.74, 6) is 0.596. The predicted octanol–water partition coefficient (Wildman–Crippen LogP) is 4.07. The third-order valence-electron chi connectivity index (χ3n) is 3.55. The molecule has 0 saturated heterocycles. The van der Waals surface area contributed by atoms with E-state index in [4.69, 9.17) is 4.52 Å². The number of hydrogen-bond acceptors (Lipinski definition) is 5. The smallest absolute Gasteiger partial charge is 0.352 e. The lowest BCUT2D eigenvalue weighted by Crippen LogP contribution is -2.23. The first-order chi connectivity index (χ1) is 12.4. The van der Waals surface area contributed by atoms with E-state index in [1.165, 1.54) is 23.5 Å². The van der Waals surface area contributed by atoms with Crippen LogP contribution in [-0.4, -0.2) is 16.0 Å². The van der Waals surface area contributed by atoms with Gasteiger partial charge in [-0.05, 0) is 29.1 Å². The average molecular weight is 381 g/mol. The second-order valence-corrected chi connectivity index (χ2v) is 6.41. The fourth-order valence-corrected chi connectivity index (χ4v) is 2.83. The number of alkyl halides is 3. The lowest BCUT2D eigenvalue weighted by atomic mass is 10.1. The molecule has 9 heteroatoms. The molecule has 1 N–H and O–H groups in total. The van der Waals surface area contributed by atoms with Gasteiger partial charge in [-0.1, -0.05) is 23.4 Å². The minimum atomic E-state index is -4.37. The Morgan fingerprint density at radius 1 is 1.19 bits per heavy atom. The summed E-state index contributed by atoms with van der Waals surface area (Å²) in [5, 5.41) is 8.42. The van der Waals surface area contributed by atoms with Gasteiger partial charge in [-0.25, -0.2) is 0 Å². The maximum Gasteiger partial charge on any atom is 0.416 e. The van der Waals surface area contributed by atoms with Crippen LogP contribution in [0.15, 0.2) is 46.3 Å². The van der Waals surface area contributed by atoms with Crippen LogP contribution in [0.4, 0.5) is 13.2 Å². The summed E-state index contributed by atoms with van der Waals surface area (Å²) in [6.07, 6.45) is -3.93. The standard InChI is InChI=1S/C17H14F3N3O2S/c18-17(19,20)12-5-3-11(4-6-12)10-21-14(24)7-8-15-22-16(23-25-15)13-2-1-9-26-13/h1-6,9H,7-8,10H2,(H,21,24). The molecule has 0 aliphatic rings. The molecule has 0 saturated carbocycles. The quantitative estimate of drug-likeness (QED) is 0.699. The molecular weight excluding hydrogens is 367 g/mol. The Balaban J connectivity index is 1.46. The monoisotopic (exact) mass is 381 g/mol. The van der Waals surface area contributed by atoms with E-state index < -0.39 is 11.7 Å². The topological polar surface area (TPSA) is 68.0 Å². The molecule has 0 spiro atoms. The Bertz CT molecular complexity index is 858. The number of carbonyl (C=O) groups is 1. The highest BCUT2D eigenvalue weighted by Gasteiger charge is 2.29. The van der Waals surface area contributed by atoms with Crippen molar-refractivity contribution in [2.45, 2.75) is 25.6 Å². The molecule has 136 valence electrons. The second-order valence-electron chi connectivity index (χ2n) is 5.46. The fourth-order valence-electron chi connectivity index (χ4n) is 2.18. The summed E-state index contributed by atoms with van der Waals surface area (Å²) < 4.78 is 42.6. The van der Waals surface area contributed by atoms with Crippen LogP contribution in [0.2, 0.25) is 0 Å². The Kier molecular flexibility index (Phi) is 5.36. The van der Waals surface area contributed by atoms with Crippen molar-refractivity contribution in [3.63, 3.8) is 0 Å². The van der Waals surface area contributed by atoms with E-state index >= 15 is 0 Å². The second kappa shape index (κ2) is 7.69. The number of benzene rings is 1. The summed E-state index contributed by atoms with van der Waals surface area (Å²) in [5.41, 5.74) is -0.130. The van der Waals surface area contributed by atoms with Gasteiger partial charge in [0.2, 0.25) is 17.6 Å². The van der Waals surface area contributed by atoms with Crippen LogP contribution < -0.4 is 5.32 Å². The zero-order valence-electron chi connectivity index (χ0n) is 13.4. The van der Waals surface area contributed by atoms with Gasteiger partial charge >= 0.3 is 6.18 Å². The molecule has 0 aliphatic carbocycles. The average Bonchev–Trinajstić information content (AvgIpc) is 3.29. The highest BCUT2D eigenvalue weighted by molar-refractivity contribution is 7.13. The van der Waals surface area contributed by atoms with Gasteiger partial charge in [0, 0.05) is 19.4 Å². The predicted molar refractivity (Wildman–Crippen MR) is 89.2 cm³/mol. The number of thiophene rings is 1. The molecule has 0 aliphatic heterocycles. The van der Waals surface area contributed by atoms with E-state index in [0.29, 0.717) is 17.3 Å². The van der Waals surface area contributed by atoms with Crippen LogP contribution in [-0.2, 0) is 23.9 Å². The summed E-state index contributed by atoms with van der Waals surface area (Å²) in [7, 11) is 0. The molecule has 0 atom stereocenters. The number of rotatable bonds is 6. The summed E-state index contributed by atoms with van der Waals surface area (Å²) >= 11 is 1.49. The van der Waals surface area contributed by atoms with E-state index in [2.05, 4.69) is 15.5 Å².